The maximum atomic E-state index is 12.3. The quantitative estimate of drug-likeness (QED) is 0.749. The van der Waals surface area contributed by atoms with Crippen molar-refractivity contribution < 1.29 is 14.7 Å². The van der Waals surface area contributed by atoms with E-state index in [0.29, 0.717) is 12.6 Å². The maximum Gasteiger partial charge on any atom is 0.320 e. The topological polar surface area (TPSA) is 69.6 Å². The highest BCUT2D eigenvalue weighted by Crippen LogP contribution is 2.22. The van der Waals surface area contributed by atoms with Crippen molar-refractivity contribution in [1.82, 2.24) is 10.2 Å². The van der Waals surface area contributed by atoms with Crippen LogP contribution in [0.1, 0.15) is 52.9 Å². The molecular formula is C15H28N2O3. The summed E-state index contributed by atoms with van der Waals surface area (Å²) in [4.78, 5) is 25.3. The van der Waals surface area contributed by atoms with E-state index in [9.17, 15) is 9.59 Å². The van der Waals surface area contributed by atoms with Gasteiger partial charge in [0.25, 0.3) is 0 Å². The fourth-order valence-corrected chi connectivity index (χ4v) is 2.94. The number of carbonyl (C=O) groups is 2. The Morgan fingerprint density at radius 2 is 1.85 bits per heavy atom. The molecule has 20 heavy (non-hydrogen) atoms. The van der Waals surface area contributed by atoms with Crippen LogP contribution in [0.2, 0.25) is 0 Å². The van der Waals surface area contributed by atoms with Crippen LogP contribution in [-0.4, -0.2) is 47.1 Å². The molecule has 1 atom stereocenters. The van der Waals surface area contributed by atoms with Crippen molar-refractivity contribution in [1.29, 1.82) is 0 Å². The zero-order valence-corrected chi connectivity index (χ0v) is 12.9. The number of likely N-dealkylation sites (N-methyl/N-ethyl adjacent to an activating group) is 1. The van der Waals surface area contributed by atoms with Gasteiger partial charge in [-0.3, -0.25) is 14.9 Å². The van der Waals surface area contributed by atoms with Gasteiger partial charge < -0.3 is 10.0 Å². The van der Waals surface area contributed by atoms with Crippen molar-refractivity contribution in [3.05, 3.63) is 0 Å². The summed E-state index contributed by atoms with van der Waals surface area (Å²) < 4.78 is 0. The van der Waals surface area contributed by atoms with Crippen molar-refractivity contribution in [3.63, 3.8) is 0 Å². The average Bonchev–Trinajstić information content (AvgIpc) is 2.40. The molecule has 0 bridgehead atoms. The molecule has 1 aliphatic carbocycles. The molecule has 5 heteroatoms. The van der Waals surface area contributed by atoms with E-state index in [-0.39, 0.29) is 18.4 Å². The van der Waals surface area contributed by atoms with Gasteiger partial charge in [0.2, 0.25) is 5.91 Å². The Balaban J connectivity index is 2.52. The number of nitrogens with one attached hydrogen (secondary N) is 1. The van der Waals surface area contributed by atoms with Gasteiger partial charge in [0.1, 0.15) is 6.04 Å². The molecular weight excluding hydrogens is 256 g/mol. The molecule has 0 aromatic carbocycles. The van der Waals surface area contributed by atoms with Crippen molar-refractivity contribution in [2.75, 3.05) is 13.1 Å². The van der Waals surface area contributed by atoms with Gasteiger partial charge >= 0.3 is 5.97 Å². The average molecular weight is 284 g/mol. The van der Waals surface area contributed by atoms with Crippen molar-refractivity contribution in [2.24, 2.45) is 5.92 Å². The Hall–Kier alpha value is -1.10. The summed E-state index contributed by atoms with van der Waals surface area (Å²) in [5.41, 5.74) is 0. The summed E-state index contributed by atoms with van der Waals surface area (Å²) in [5, 5.41) is 12.0. The third-order valence-corrected chi connectivity index (χ3v) is 4.08. The predicted octanol–water partition coefficient (Wildman–Crippen LogP) is 1.87. The smallest absolute Gasteiger partial charge is 0.320 e. The first-order valence-corrected chi connectivity index (χ1v) is 7.73. The summed E-state index contributed by atoms with van der Waals surface area (Å²) in [6.07, 6.45) is 5.78. The Morgan fingerprint density at radius 3 is 2.30 bits per heavy atom. The summed E-state index contributed by atoms with van der Waals surface area (Å²) in [5.74, 6) is -0.912. The molecule has 0 spiro atoms. The lowest BCUT2D eigenvalue weighted by Crippen LogP contribution is -2.49. The number of carboxylic acids is 1. The van der Waals surface area contributed by atoms with E-state index in [2.05, 4.69) is 5.32 Å². The van der Waals surface area contributed by atoms with Crippen LogP contribution in [0.15, 0.2) is 0 Å². The highest BCUT2D eigenvalue weighted by Gasteiger charge is 2.26. The van der Waals surface area contributed by atoms with E-state index < -0.39 is 12.0 Å². The first kappa shape index (κ1) is 17.0. The van der Waals surface area contributed by atoms with Crippen LogP contribution < -0.4 is 5.32 Å². The van der Waals surface area contributed by atoms with Crippen LogP contribution in [0.5, 0.6) is 0 Å². The van der Waals surface area contributed by atoms with Gasteiger partial charge in [-0.1, -0.05) is 33.1 Å². The third kappa shape index (κ3) is 4.78. The first-order chi connectivity index (χ1) is 9.47. The molecule has 0 heterocycles. The number of rotatable bonds is 7. The van der Waals surface area contributed by atoms with Crippen LogP contribution in [0.3, 0.4) is 0 Å². The fourth-order valence-electron chi connectivity index (χ4n) is 2.94. The van der Waals surface area contributed by atoms with Crippen LogP contribution in [0.25, 0.3) is 0 Å². The lowest BCUT2D eigenvalue weighted by atomic mass is 9.94. The van der Waals surface area contributed by atoms with E-state index in [1.54, 1.807) is 0 Å². The second kappa shape index (κ2) is 8.25. The molecule has 0 aromatic rings. The van der Waals surface area contributed by atoms with Gasteiger partial charge in [-0.05, 0) is 25.7 Å². The van der Waals surface area contributed by atoms with Crippen LogP contribution in [0.4, 0.5) is 0 Å². The number of aliphatic carboxylic acids is 1. The van der Waals surface area contributed by atoms with Gasteiger partial charge in [-0.25, -0.2) is 0 Å². The molecule has 2 N–H and O–H groups in total. The largest absolute Gasteiger partial charge is 0.480 e. The van der Waals surface area contributed by atoms with Gasteiger partial charge in [0.05, 0.1) is 6.54 Å². The van der Waals surface area contributed by atoms with E-state index in [0.717, 1.165) is 12.8 Å². The third-order valence-electron chi connectivity index (χ3n) is 4.08. The number of carboxylic acid groups (broad SMARTS) is 1. The normalized spacial score (nSPS) is 18.0. The summed E-state index contributed by atoms with van der Waals surface area (Å²) in [6.45, 7) is 6.48. The van der Waals surface area contributed by atoms with Gasteiger partial charge in [-0.2, -0.15) is 0 Å². The fraction of sp³-hybridized carbons (Fsp3) is 0.867. The Bertz CT molecular complexity index is 325. The lowest BCUT2D eigenvalue weighted by molar-refractivity contribution is -0.141. The molecule has 1 amide bonds. The van der Waals surface area contributed by atoms with E-state index in [4.69, 9.17) is 5.11 Å². The number of hydrogen-bond acceptors (Lipinski definition) is 3. The molecule has 1 aliphatic rings. The highest BCUT2D eigenvalue weighted by molar-refractivity contribution is 5.80. The van der Waals surface area contributed by atoms with Gasteiger partial charge in [-0.15, -0.1) is 0 Å². The van der Waals surface area contributed by atoms with Gasteiger partial charge in [0, 0.05) is 12.6 Å². The maximum absolute atomic E-state index is 12.3. The second-order valence-corrected chi connectivity index (χ2v) is 5.91. The number of amides is 1. The Kier molecular flexibility index (Phi) is 6.99. The zero-order valence-electron chi connectivity index (χ0n) is 12.9. The standard InChI is InChI=1S/C15H28N2O3/c1-4-17(12-8-6-5-7-9-12)13(18)10-16-14(11(2)3)15(19)20/h11-12,14,16H,4-10H2,1-3H3,(H,19,20). The summed E-state index contributed by atoms with van der Waals surface area (Å²) >= 11 is 0. The molecule has 5 nitrogen and oxygen atoms in total. The van der Waals surface area contributed by atoms with E-state index in [1.807, 2.05) is 25.7 Å². The molecule has 0 radical (unpaired) electrons. The number of carbonyl (C=O) groups excluding carboxylic acids is 1. The van der Waals surface area contributed by atoms with Crippen LogP contribution >= 0.6 is 0 Å². The van der Waals surface area contributed by atoms with Crippen molar-refractivity contribution in [3.8, 4) is 0 Å². The predicted molar refractivity (Wildman–Crippen MR) is 78.5 cm³/mol. The minimum atomic E-state index is -0.895. The van der Waals surface area contributed by atoms with Gasteiger partial charge in [0.15, 0.2) is 0 Å². The molecule has 1 fully saturated rings. The highest BCUT2D eigenvalue weighted by atomic mass is 16.4. The number of nitrogens with zero attached hydrogens (tertiary/aromatic N) is 1. The summed E-state index contributed by atoms with van der Waals surface area (Å²) in [6, 6.07) is -0.325. The van der Waals surface area contributed by atoms with Crippen LogP contribution in [-0.2, 0) is 9.59 Å². The molecule has 1 saturated carbocycles. The monoisotopic (exact) mass is 284 g/mol. The Morgan fingerprint density at radius 1 is 1.25 bits per heavy atom. The molecule has 116 valence electrons. The molecule has 1 rings (SSSR count). The first-order valence-electron chi connectivity index (χ1n) is 7.73. The molecule has 0 aliphatic heterocycles. The molecule has 0 aromatic heterocycles. The second-order valence-electron chi connectivity index (χ2n) is 5.91. The minimum Gasteiger partial charge on any atom is -0.480 e. The SMILES string of the molecule is CCN(C(=O)CNC(C(=O)O)C(C)C)C1CCCCC1. The Labute approximate surface area is 121 Å². The molecule has 1 unspecified atom stereocenters. The van der Waals surface area contributed by atoms with Crippen molar-refractivity contribution >= 4 is 11.9 Å². The molecule has 0 saturated heterocycles. The van der Waals surface area contributed by atoms with E-state index >= 15 is 0 Å². The summed E-state index contributed by atoms with van der Waals surface area (Å²) in [7, 11) is 0. The van der Waals surface area contributed by atoms with E-state index in [1.165, 1.54) is 19.3 Å². The van der Waals surface area contributed by atoms with Crippen LogP contribution in [0, 0.1) is 5.92 Å². The van der Waals surface area contributed by atoms with Crippen molar-refractivity contribution in [2.45, 2.75) is 65.0 Å². The zero-order chi connectivity index (χ0) is 15.1. The lowest BCUT2D eigenvalue weighted by Gasteiger charge is -2.34. The minimum absolute atomic E-state index is 0.0197. The number of hydrogen-bond donors (Lipinski definition) is 2.